The second-order valence-corrected chi connectivity index (χ2v) is 8.06. The molecule has 1 aromatic carbocycles. The summed E-state index contributed by atoms with van der Waals surface area (Å²) in [5.74, 6) is -0.128. The molecule has 10 heteroatoms. The van der Waals surface area contributed by atoms with Gasteiger partial charge in [-0.2, -0.15) is 0 Å². The van der Waals surface area contributed by atoms with Crippen LogP contribution in [0.25, 0.3) is 0 Å². The highest BCUT2D eigenvalue weighted by Gasteiger charge is 2.21. The Hall–Kier alpha value is -2.91. The normalized spacial score (nSPS) is 15.4. The molecule has 3 amide bonds. The van der Waals surface area contributed by atoms with E-state index >= 15 is 0 Å². The Morgan fingerprint density at radius 2 is 2.03 bits per heavy atom. The molecule has 0 saturated carbocycles. The first-order valence-electron chi connectivity index (χ1n) is 10.5. The molecule has 2 heterocycles. The maximum absolute atomic E-state index is 12.9. The van der Waals surface area contributed by atoms with Gasteiger partial charge >= 0.3 is 0 Å². The zero-order valence-electron chi connectivity index (χ0n) is 17.9. The minimum atomic E-state index is -0.368. The van der Waals surface area contributed by atoms with Crippen molar-refractivity contribution in [2.75, 3.05) is 25.0 Å². The first-order valence-corrected chi connectivity index (χ1v) is 10.9. The Morgan fingerprint density at radius 3 is 2.72 bits per heavy atom. The van der Waals surface area contributed by atoms with Crippen LogP contribution < -0.4 is 10.6 Å². The lowest BCUT2D eigenvalue weighted by molar-refractivity contribution is -0.137. The van der Waals surface area contributed by atoms with Crippen molar-refractivity contribution in [1.29, 1.82) is 0 Å². The van der Waals surface area contributed by atoms with Gasteiger partial charge in [-0.1, -0.05) is 35.0 Å². The van der Waals surface area contributed by atoms with Crippen LogP contribution in [0.15, 0.2) is 34.9 Å². The maximum atomic E-state index is 12.9. The molecule has 0 bridgehead atoms. The van der Waals surface area contributed by atoms with Crippen molar-refractivity contribution in [1.82, 2.24) is 15.4 Å². The van der Waals surface area contributed by atoms with Gasteiger partial charge in [0, 0.05) is 43.6 Å². The number of carbonyl (C=O) groups excluding carboxylic acids is 3. The van der Waals surface area contributed by atoms with Crippen LogP contribution in [0.5, 0.6) is 0 Å². The van der Waals surface area contributed by atoms with Crippen LogP contribution in [0, 0.1) is 6.92 Å². The second-order valence-electron chi connectivity index (χ2n) is 7.65. The molecular weight excluding hydrogens is 436 g/mol. The van der Waals surface area contributed by atoms with E-state index in [-0.39, 0.29) is 49.8 Å². The van der Waals surface area contributed by atoms with Crippen LogP contribution in [0.3, 0.4) is 0 Å². The van der Waals surface area contributed by atoms with Gasteiger partial charge in [0.25, 0.3) is 0 Å². The molecule has 0 spiro atoms. The van der Waals surface area contributed by atoms with E-state index in [9.17, 15) is 14.4 Å². The van der Waals surface area contributed by atoms with Gasteiger partial charge in [-0.15, -0.1) is 0 Å². The molecule has 32 heavy (non-hydrogen) atoms. The number of nitrogens with one attached hydrogen (secondary N) is 2. The highest BCUT2D eigenvalue weighted by Crippen LogP contribution is 2.18. The fourth-order valence-electron chi connectivity index (χ4n) is 3.34. The van der Waals surface area contributed by atoms with Crippen molar-refractivity contribution in [3.05, 3.63) is 46.7 Å². The summed E-state index contributed by atoms with van der Waals surface area (Å²) in [6.07, 6.45) is 1.78. The van der Waals surface area contributed by atoms with Gasteiger partial charge < -0.3 is 24.8 Å². The number of nitrogens with zero attached hydrogens (tertiary/aromatic N) is 2. The molecule has 1 aliphatic rings. The van der Waals surface area contributed by atoms with Gasteiger partial charge in [-0.05, 0) is 31.4 Å². The topological polar surface area (TPSA) is 114 Å². The quantitative estimate of drug-likeness (QED) is 0.561. The van der Waals surface area contributed by atoms with Gasteiger partial charge in [0.1, 0.15) is 5.76 Å². The summed E-state index contributed by atoms with van der Waals surface area (Å²) in [7, 11) is 0. The van der Waals surface area contributed by atoms with Crippen molar-refractivity contribution in [3.63, 3.8) is 0 Å². The predicted molar refractivity (Wildman–Crippen MR) is 118 cm³/mol. The van der Waals surface area contributed by atoms with E-state index < -0.39 is 0 Å². The summed E-state index contributed by atoms with van der Waals surface area (Å²) >= 11 is 6.24. The third-order valence-electron chi connectivity index (χ3n) is 5.02. The molecule has 1 atom stereocenters. The number of rotatable bonds is 10. The number of ether oxygens (including phenoxy) is 1. The van der Waals surface area contributed by atoms with E-state index in [1.165, 1.54) is 4.90 Å². The lowest BCUT2D eigenvalue weighted by atomic mass is 10.2. The molecule has 2 aromatic rings. The molecule has 1 saturated heterocycles. The third-order valence-corrected chi connectivity index (χ3v) is 5.39. The van der Waals surface area contributed by atoms with Crippen LogP contribution in [0.4, 0.5) is 5.82 Å². The second kappa shape index (κ2) is 11.6. The number of benzene rings is 1. The lowest BCUT2D eigenvalue weighted by Gasteiger charge is -2.23. The summed E-state index contributed by atoms with van der Waals surface area (Å²) in [5, 5.41) is 9.60. The number of halogens is 1. The molecule has 0 radical (unpaired) electrons. The van der Waals surface area contributed by atoms with Gasteiger partial charge in [-0.25, -0.2) is 0 Å². The van der Waals surface area contributed by atoms with Crippen molar-refractivity contribution < 1.29 is 23.6 Å². The Kier molecular flexibility index (Phi) is 8.64. The predicted octanol–water partition coefficient (Wildman–Crippen LogP) is 2.68. The molecule has 0 aliphatic carbocycles. The van der Waals surface area contributed by atoms with Gasteiger partial charge in [0.05, 0.1) is 12.6 Å². The highest BCUT2D eigenvalue weighted by atomic mass is 35.5. The molecule has 3 rings (SSSR count). The van der Waals surface area contributed by atoms with Crippen LogP contribution in [0.2, 0.25) is 5.02 Å². The average Bonchev–Trinajstić information content (AvgIpc) is 3.43. The maximum Gasteiger partial charge on any atom is 0.239 e. The SMILES string of the molecule is Cc1cc(NC(=O)CCC(=O)N(CC(=O)NCC2CCCO2)Cc2ccccc2Cl)no1. The Morgan fingerprint density at radius 1 is 1.22 bits per heavy atom. The first kappa shape index (κ1) is 23.7. The van der Waals surface area contributed by atoms with E-state index in [1.54, 1.807) is 31.2 Å². The van der Waals surface area contributed by atoms with E-state index in [1.807, 2.05) is 6.07 Å². The van der Waals surface area contributed by atoms with Crippen molar-refractivity contribution in [3.8, 4) is 0 Å². The number of aromatic nitrogens is 1. The van der Waals surface area contributed by atoms with Crippen molar-refractivity contribution >= 4 is 35.1 Å². The van der Waals surface area contributed by atoms with Crippen molar-refractivity contribution in [2.45, 2.75) is 45.3 Å². The zero-order chi connectivity index (χ0) is 22.9. The molecule has 1 fully saturated rings. The Labute approximate surface area is 191 Å². The number of hydrogen-bond donors (Lipinski definition) is 2. The Bertz CT molecular complexity index is 942. The summed E-state index contributed by atoms with van der Waals surface area (Å²) in [5.41, 5.74) is 0.719. The molecule has 1 unspecified atom stereocenters. The van der Waals surface area contributed by atoms with Crippen LogP contribution in [0.1, 0.15) is 37.0 Å². The van der Waals surface area contributed by atoms with E-state index in [0.717, 1.165) is 18.4 Å². The summed E-state index contributed by atoms with van der Waals surface area (Å²) in [4.78, 5) is 38.9. The molecule has 172 valence electrons. The first-order chi connectivity index (χ1) is 15.4. The highest BCUT2D eigenvalue weighted by molar-refractivity contribution is 6.31. The number of carbonyl (C=O) groups is 3. The summed E-state index contributed by atoms with van der Waals surface area (Å²) in [6, 6.07) is 8.72. The number of hydrogen-bond acceptors (Lipinski definition) is 6. The number of amides is 3. The Balaban J connectivity index is 1.57. The van der Waals surface area contributed by atoms with Gasteiger partial charge in [0.15, 0.2) is 5.82 Å². The standard InChI is InChI=1S/C22H27ClN4O5/c1-15-11-19(26-32-15)25-20(28)8-9-22(30)27(13-16-5-2-3-7-18(16)23)14-21(29)24-12-17-6-4-10-31-17/h2-3,5,7,11,17H,4,6,8-10,12-14H2,1H3,(H,24,29)(H,25,26,28). The zero-order valence-corrected chi connectivity index (χ0v) is 18.7. The van der Waals surface area contributed by atoms with Crippen molar-refractivity contribution in [2.24, 2.45) is 0 Å². The largest absolute Gasteiger partial charge is 0.376 e. The van der Waals surface area contributed by atoms with E-state index in [2.05, 4.69) is 15.8 Å². The lowest BCUT2D eigenvalue weighted by Crippen LogP contribution is -2.42. The molecular formula is C22H27ClN4O5. The molecule has 1 aromatic heterocycles. The van der Waals surface area contributed by atoms with Crippen LogP contribution in [-0.4, -0.2) is 53.6 Å². The van der Waals surface area contributed by atoms with Crippen LogP contribution >= 0.6 is 11.6 Å². The fraction of sp³-hybridized carbons (Fsp3) is 0.455. The fourth-order valence-corrected chi connectivity index (χ4v) is 3.53. The minimum absolute atomic E-state index is 0.00975. The summed E-state index contributed by atoms with van der Waals surface area (Å²) < 4.78 is 10.4. The number of aryl methyl sites for hydroxylation is 1. The minimum Gasteiger partial charge on any atom is -0.376 e. The monoisotopic (exact) mass is 462 g/mol. The average molecular weight is 463 g/mol. The molecule has 2 N–H and O–H groups in total. The van der Waals surface area contributed by atoms with Gasteiger partial charge in [0.2, 0.25) is 17.7 Å². The van der Waals surface area contributed by atoms with Crippen LogP contribution in [-0.2, 0) is 25.7 Å². The molecule has 9 nitrogen and oxygen atoms in total. The number of anilines is 1. The van der Waals surface area contributed by atoms with E-state index in [0.29, 0.717) is 29.8 Å². The third kappa shape index (κ3) is 7.35. The smallest absolute Gasteiger partial charge is 0.239 e. The molecule has 1 aliphatic heterocycles. The van der Waals surface area contributed by atoms with Gasteiger partial charge in [-0.3, -0.25) is 14.4 Å². The summed E-state index contributed by atoms with van der Waals surface area (Å²) in [6.45, 7) is 2.85. The van der Waals surface area contributed by atoms with E-state index in [4.69, 9.17) is 20.9 Å².